The molecule has 45 heavy (non-hydrogen) atoms. The van der Waals surface area contributed by atoms with Gasteiger partial charge in [-0.05, 0) is 63.0 Å². The molecule has 0 saturated heterocycles. The summed E-state index contributed by atoms with van der Waals surface area (Å²) in [7, 11) is 0. The maximum Gasteiger partial charge on any atom is 0.164 e. The molecule has 0 fully saturated rings. The van der Waals surface area contributed by atoms with Crippen LogP contribution in [0.25, 0.3) is 88.8 Å². The Balaban J connectivity index is 1.22. The molecule has 210 valence electrons. The highest BCUT2D eigenvalue weighted by Crippen LogP contribution is 2.37. The molecule has 9 rings (SSSR count). The van der Waals surface area contributed by atoms with Crippen LogP contribution in [0.3, 0.4) is 0 Å². The highest BCUT2D eigenvalue weighted by molar-refractivity contribution is 6.11. The van der Waals surface area contributed by atoms with Gasteiger partial charge in [-0.3, -0.25) is 0 Å². The van der Waals surface area contributed by atoms with Gasteiger partial charge in [-0.2, -0.15) is 0 Å². The first-order valence-corrected chi connectivity index (χ1v) is 15.0. The van der Waals surface area contributed by atoms with Crippen LogP contribution in [0.4, 0.5) is 0 Å². The van der Waals surface area contributed by atoms with Crippen LogP contribution in [0.1, 0.15) is 0 Å². The first-order chi connectivity index (χ1) is 22.3. The van der Waals surface area contributed by atoms with Crippen LogP contribution in [0.2, 0.25) is 0 Å². The minimum atomic E-state index is 0.612. The minimum Gasteiger partial charge on any atom is -0.456 e. The molecule has 0 amide bonds. The van der Waals surface area contributed by atoms with E-state index in [1.165, 1.54) is 21.9 Å². The molecule has 0 aliphatic carbocycles. The molecule has 0 aliphatic rings. The van der Waals surface area contributed by atoms with Gasteiger partial charge in [-0.15, -0.1) is 0 Å². The normalized spacial score (nSPS) is 11.6. The SMILES string of the molecule is c1ccc(-c2nc(-c3ccc4ccc(-c5ccc6ccccc6c5)cc4c3)nc(-c3cccc4oc5ccccc5c34)n2)cc1. The van der Waals surface area contributed by atoms with E-state index >= 15 is 0 Å². The second kappa shape index (κ2) is 10.2. The van der Waals surface area contributed by atoms with Crippen LogP contribution in [-0.2, 0) is 0 Å². The Kier molecular flexibility index (Phi) is 5.78. The highest BCUT2D eigenvalue weighted by Gasteiger charge is 2.17. The molecule has 0 aliphatic heterocycles. The topological polar surface area (TPSA) is 51.8 Å². The molecule has 2 heterocycles. The summed E-state index contributed by atoms with van der Waals surface area (Å²) in [5, 5.41) is 6.81. The molecule has 4 nitrogen and oxygen atoms in total. The zero-order valence-electron chi connectivity index (χ0n) is 24.2. The van der Waals surface area contributed by atoms with Crippen molar-refractivity contribution in [2.75, 3.05) is 0 Å². The number of rotatable bonds is 4. The van der Waals surface area contributed by atoms with Gasteiger partial charge >= 0.3 is 0 Å². The lowest BCUT2D eigenvalue weighted by molar-refractivity contribution is 0.669. The van der Waals surface area contributed by atoms with Crippen LogP contribution in [0, 0.1) is 0 Å². The first kappa shape index (κ1) is 25.4. The Hall–Kier alpha value is -6.13. The summed E-state index contributed by atoms with van der Waals surface area (Å²) in [5.41, 5.74) is 6.80. The number of fused-ring (bicyclic) bond motifs is 5. The van der Waals surface area contributed by atoms with E-state index < -0.39 is 0 Å². The maximum absolute atomic E-state index is 6.19. The lowest BCUT2D eigenvalue weighted by atomic mass is 9.98. The van der Waals surface area contributed by atoms with Gasteiger partial charge in [0, 0.05) is 27.5 Å². The molecule has 0 bridgehead atoms. The van der Waals surface area contributed by atoms with Crippen molar-refractivity contribution in [2.45, 2.75) is 0 Å². The van der Waals surface area contributed by atoms with Crippen LogP contribution in [0.15, 0.2) is 156 Å². The second-order valence-electron chi connectivity index (χ2n) is 11.3. The number of furan rings is 1. The third kappa shape index (κ3) is 4.43. The largest absolute Gasteiger partial charge is 0.456 e. The van der Waals surface area contributed by atoms with E-state index in [4.69, 9.17) is 19.4 Å². The van der Waals surface area contributed by atoms with Crippen molar-refractivity contribution in [2.24, 2.45) is 0 Å². The minimum absolute atomic E-state index is 0.612. The van der Waals surface area contributed by atoms with Crippen molar-refractivity contribution in [1.29, 1.82) is 0 Å². The molecule has 0 spiro atoms. The average Bonchev–Trinajstić information content (AvgIpc) is 3.50. The van der Waals surface area contributed by atoms with E-state index in [2.05, 4.69) is 91.0 Å². The monoisotopic (exact) mass is 575 g/mol. The Morgan fingerprint density at radius 1 is 0.356 bits per heavy atom. The van der Waals surface area contributed by atoms with Gasteiger partial charge < -0.3 is 4.42 Å². The lowest BCUT2D eigenvalue weighted by Crippen LogP contribution is -2.00. The van der Waals surface area contributed by atoms with E-state index in [1.807, 2.05) is 60.7 Å². The van der Waals surface area contributed by atoms with Gasteiger partial charge in [-0.1, -0.05) is 121 Å². The van der Waals surface area contributed by atoms with Crippen molar-refractivity contribution in [3.63, 3.8) is 0 Å². The average molecular weight is 576 g/mol. The van der Waals surface area contributed by atoms with Crippen molar-refractivity contribution >= 4 is 43.5 Å². The van der Waals surface area contributed by atoms with Crippen LogP contribution in [-0.4, -0.2) is 15.0 Å². The van der Waals surface area contributed by atoms with Crippen molar-refractivity contribution in [3.8, 4) is 45.3 Å². The molecule has 0 unspecified atom stereocenters. The van der Waals surface area contributed by atoms with Crippen LogP contribution in [0.5, 0.6) is 0 Å². The molecular formula is C41H25N3O. The highest BCUT2D eigenvalue weighted by atomic mass is 16.3. The molecule has 7 aromatic carbocycles. The number of para-hydroxylation sites is 1. The predicted octanol–water partition coefficient (Wildman–Crippen LogP) is 10.7. The Labute approximate surface area is 259 Å². The summed E-state index contributed by atoms with van der Waals surface area (Å²) in [6.07, 6.45) is 0. The molecular weight excluding hydrogens is 550 g/mol. The molecule has 0 radical (unpaired) electrons. The smallest absolute Gasteiger partial charge is 0.164 e. The Bertz CT molecular complexity index is 2550. The lowest BCUT2D eigenvalue weighted by Gasteiger charge is -2.10. The Morgan fingerprint density at radius 3 is 1.76 bits per heavy atom. The summed E-state index contributed by atoms with van der Waals surface area (Å²) in [4.78, 5) is 15.1. The van der Waals surface area contributed by atoms with E-state index in [-0.39, 0.29) is 0 Å². The van der Waals surface area contributed by atoms with Crippen molar-refractivity contribution < 1.29 is 4.42 Å². The molecule has 0 atom stereocenters. The summed E-state index contributed by atoms with van der Waals surface area (Å²) in [5.74, 6) is 1.87. The fourth-order valence-corrected chi connectivity index (χ4v) is 6.24. The second-order valence-corrected chi connectivity index (χ2v) is 11.3. The van der Waals surface area contributed by atoms with Gasteiger partial charge in [0.25, 0.3) is 0 Å². The van der Waals surface area contributed by atoms with E-state index in [0.29, 0.717) is 17.5 Å². The number of nitrogens with zero attached hydrogens (tertiary/aromatic N) is 3. The van der Waals surface area contributed by atoms with Gasteiger partial charge in [0.2, 0.25) is 0 Å². The van der Waals surface area contributed by atoms with Gasteiger partial charge in [0.15, 0.2) is 17.5 Å². The predicted molar refractivity (Wildman–Crippen MR) is 184 cm³/mol. The van der Waals surface area contributed by atoms with E-state index in [1.54, 1.807) is 0 Å². The number of hydrogen-bond donors (Lipinski definition) is 0. The zero-order chi connectivity index (χ0) is 29.7. The molecule has 9 aromatic rings. The molecule has 0 N–H and O–H groups in total. The van der Waals surface area contributed by atoms with E-state index in [0.717, 1.165) is 49.4 Å². The maximum atomic E-state index is 6.19. The van der Waals surface area contributed by atoms with Gasteiger partial charge in [0.1, 0.15) is 11.2 Å². The number of hydrogen-bond acceptors (Lipinski definition) is 4. The molecule has 2 aromatic heterocycles. The van der Waals surface area contributed by atoms with Gasteiger partial charge in [0.05, 0.1) is 0 Å². The first-order valence-electron chi connectivity index (χ1n) is 15.0. The number of benzene rings is 7. The molecule has 0 saturated carbocycles. The summed E-state index contributed by atoms with van der Waals surface area (Å²) in [6.45, 7) is 0. The van der Waals surface area contributed by atoms with Crippen LogP contribution >= 0.6 is 0 Å². The quantitative estimate of drug-likeness (QED) is 0.209. The zero-order valence-corrected chi connectivity index (χ0v) is 24.2. The summed E-state index contributed by atoms with van der Waals surface area (Å²) >= 11 is 0. The molecule has 4 heteroatoms. The van der Waals surface area contributed by atoms with E-state index in [9.17, 15) is 0 Å². The third-order valence-corrected chi connectivity index (χ3v) is 8.49. The number of aromatic nitrogens is 3. The fraction of sp³-hybridized carbons (Fsp3) is 0. The van der Waals surface area contributed by atoms with Crippen molar-refractivity contribution in [3.05, 3.63) is 152 Å². The fourth-order valence-electron chi connectivity index (χ4n) is 6.24. The standard InChI is InChI=1S/C41H25N3O/c1-2-10-28(11-3-1)39-42-40(44-41(43-39)35-14-8-16-37-38(35)34-13-6-7-15-36(34)45-37)32-22-19-27-18-21-31(24-33(27)25-32)30-20-17-26-9-4-5-12-29(26)23-30/h1-25H. The summed E-state index contributed by atoms with van der Waals surface area (Å²) in [6, 6.07) is 52.4. The van der Waals surface area contributed by atoms with Crippen LogP contribution < -0.4 is 0 Å². The third-order valence-electron chi connectivity index (χ3n) is 8.49. The Morgan fingerprint density at radius 2 is 0.933 bits per heavy atom. The van der Waals surface area contributed by atoms with Crippen molar-refractivity contribution in [1.82, 2.24) is 15.0 Å². The summed E-state index contributed by atoms with van der Waals surface area (Å²) < 4.78 is 6.19. The van der Waals surface area contributed by atoms with Gasteiger partial charge in [-0.25, -0.2) is 15.0 Å².